The Morgan fingerprint density at radius 3 is 2.18 bits per heavy atom. The average Bonchev–Trinajstić information content (AvgIpc) is 2.71. The predicted octanol–water partition coefficient (Wildman–Crippen LogP) is 2.59. The molecule has 0 spiro atoms. The van der Waals surface area contributed by atoms with E-state index in [0.29, 0.717) is 23.6 Å². The monoisotopic (exact) mass is 386 g/mol. The molecule has 0 saturated carbocycles. The number of methoxy groups -OCH3 is 2. The van der Waals surface area contributed by atoms with Crippen LogP contribution in [0.1, 0.15) is 15.9 Å². The van der Waals surface area contributed by atoms with Gasteiger partial charge in [-0.05, 0) is 35.9 Å². The van der Waals surface area contributed by atoms with E-state index >= 15 is 0 Å². The maximum Gasteiger partial charge on any atom is 0.337 e. The van der Waals surface area contributed by atoms with Crippen LogP contribution in [-0.2, 0) is 16.1 Å². The molecule has 150 valence electrons. The third-order valence-electron chi connectivity index (χ3n) is 4.23. The number of esters is 1. The Bertz CT molecular complexity index is 818. The van der Waals surface area contributed by atoms with Gasteiger partial charge in [0.1, 0.15) is 0 Å². The summed E-state index contributed by atoms with van der Waals surface area (Å²) in [4.78, 5) is 27.6. The molecule has 2 aromatic rings. The van der Waals surface area contributed by atoms with Crippen molar-refractivity contribution in [2.45, 2.75) is 6.54 Å². The minimum absolute atomic E-state index is 0.139. The van der Waals surface area contributed by atoms with Crippen LogP contribution in [0.5, 0.6) is 11.5 Å². The first kappa shape index (κ1) is 21.1. The van der Waals surface area contributed by atoms with Gasteiger partial charge in [0.25, 0.3) is 5.91 Å². The Hall–Kier alpha value is -3.22. The van der Waals surface area contributed by atoms with Gasteiger partial charge >= 0.3 is 5.97 Å². The molecule has 0 bridgehead atoms. The molecule has 1 amide bonds. The van der Waals surface area contributed by atoms with Gasteiger partial charge in [-0.2, -0.15) is 0 Å². The maximum absolute atomic E-state index is 12.4. The van der Waals surface area contributed by atoms with Crippen molar-refractivity contribution in [2.24, 2.45) is 0 Å². The van der Waals surface area contributed by atoms with E-state index in [1.165, 1.54) is 20.3 Å². The number of nitrogens with zero attached hydrogens (tertiary/aromatic N) is 2. The Morgan fingerprint density at radius 2 is 1.61 bits per heavy atom. The zero-order chi connectivity index (χ0) is 20.7. The van der Waals surface area contributed by atoms with Crippen molar-refractivity contribution in [3.63, 3.8) is 0 Å². The highest BCUT2D eigenvalue weighted by Crippen LogP contribution is 2.28. The fourth-order valence-corrected chi connectivity index (χ4v) is 2.54. The van der Waals surface area contributed by atoms with Crippen LogP contribution in [0.4, 0.5) is 5.69 Å². The normalized spacial score (nSPS) is 10.2. The van der Waals surface area contributed by atoms with E-state index in [1.54, 1.807) is 24.1 Å². The van der Waals surface area contributed by atoms with Crippen LogP contribution in [0.2, 0.25) is 0 Å². The minimum Gasteiger partial charge on any atom is -0.493 e. The van der Waals surface area contributed by atoms with E-state index in [4.69, 9.17) is 9.47 Å². The van der Waals surface area contributed by atoms with Crippen molar-refractivity contribution in [3.8, 4) is 11.5 Å². The second-order valence-electron chi connectivity index (χ2n) is 6.46. The fraction of sp³-hybridized carbons (Fsp3) is 0.333. The summed E-state index contributed by atoms with van der Waals surface area (Å²) in [6, 6.07) is 12.7. The zero-order valence-corrected chi connectivity index (χ0v) is 16.9. The van der Waals surface area contributed by atoms with Crippen LogP contribution < -0.4 is 14.4 Å². The summed E-state index contributed by atoms with van der Waals surface area (Å²) in [7, 11) is 8.46. The summed E-state index contributed by atoms with van der Waals surface area (Å²) in [6.45, 7) is 0.342. The summed E-state index contributed by atoms with van der Waals surface area (Å²) in [5, 5.41) is 0. The smallest absolute Gasteiger partial charge is 0.337 e. The third kappa shape index (κ3) is 5.39. The lowest BCUT2D eigenvalue weighted by Gasteiger charge is -2.19. The number of rotatable bonds is 8. The molecule has 7 heteroatoms. The van der Waals surface area contributed by atoms with E-state index in [9.17, 15) is 9.59 Å². The molecular formula is C21H26N2O5. The molecule has 0 radical (unpaired) electrons. The molecule has 0 atom stereocenters. The number of likely N-dealkylation sites (N-methyl/N-ethyl adjacent to an activating group) is 1. The first-order valence-corrected chi connectivity index (χ1v) is 8.75. The van der Waals surface area contributed by atoms with Crippen molar-refractivity contribution in [2.75, 3.05) is 46.9 Å². The predicted molar refractivity (Wildman–Crippen MR) is 107 cm³/mol. The lowest BCUT2D eigenvalue weighted by atomic mass is 10.2. The Labute approximate surface area is 165 Å². The molecule has 0 aromatic heterocycles. The lowest BCUT2D eigenvalue weighted by molar-refractivity contribution is -0.132. The number of hydrogen-bond acceptors (Lipinski definition) is 6. The topological polar surface area (TPSA) is 68.3 Å². The van der Waals surface area contributed by atoms with Gasteiger partial charge in [-0.25, -0.2) is 4.79 Å². The summed E-state index contributed by atoms with van der Waals surface area (Å²) < 4.78 is 15.5. The Morgan fingerprint density at radius 1 is 0.929 bits per heavy atom. The minimum atomic E-state index is -0.471. The molecular weight excluding hydrogens is 360 g/mol. The van der Waals surface area contributed by atoms with Crippen molar-refractivity contribution in [1.29, 1.82) is 0 Å². The highest BCUT2D eigenvalue weighted by Gasteiger charge is 2.15. The van der Waals surface area contributed by atoms with Crippen LogP contribution in [0.25, 0.3) is 0 Å². The summed E-state index contributed by atoms with van der Waals surface area (Å²) in [6.07, 6.45) is 0. The number of ether oxygens (including phenoxy) is 3. The van der Waals surface area contributed by atoms with Crippen molar-refractivity contribution in [1.82, 2.24) is 4.90 Å². The standard InChI is InChI=1S/C21H26N2O5/c1-22(2)17-9-6-15(7-10-17)13-23(3)20(24)14-28-18-11-8-16(21(25)27-5)12-19(18)26-4/h6-12H,13-14H2,1-5H3. The molecule has 0 aliphatic rings. The van der Waals surface area contributed by atoms with Crippen molar-refractivity contribution >= 4 is 17.6 Å². The molecule has 0 N–H and O–H groups in total. The average molecular weight is 386 g/mol. The fourth-order valence-electron chi connectivity index (χ4n) is 2.54. The molecule has 0 unspecified atom stereocenters. The van der Waals surface area contributed by atoms with Crippen LogP contribution in [0.3, 0.4) is 0 Å². The number of hydrogen-bond donors (Lipinski definition) is 0. The van der Waals surface area contributed by atoms with Gasteiger partial charge in [-0.3, -0.25) is 4.79 Å². The molecule has 0 aliphatic carbocycles. The number of carbonyl (C=O) groups is 2. The number of benzene rings is 2. The Balaban J connectivity index is 1.96. The molecule has 2 rings (SSSR count). The van der Waals surface area contributed by atoms with Crippen LogP contribution in [-0.4, -0.2) is 58.7 Å². The van der Waals surface area contributed by atoms with Crippen molar-refractivity contribution < 1.29 is 23.8 Å². The van der Waals surface area contributed by atoms with Gasteiger partial charge in [0.05, 0.1) is 19.8 Å². The van der Waals surface area contributed by atoms with E-state index in [-0.39, 0.29) is 12.5 Å². The quantitative estimate of drug-likeness (QED) is 0.650. The van der Waals surface area contributed by atoms with E-state index in [1.807, 2.05) is 43.3 Å². The number of carbonyl (C=O) groups excluding carboxylic acids is 2. The van der Waals surface area contributed by atoms with E-state index in [0.717, 1.165) is 11.3 Å². The number of anilines is 1. The molecule has 2 aromatic carbocycles. The third-order valence-corrected chi connectivity index (χ3v) is 4.23. The highest BCUT2D eigenvalue weighted by molar-refractivity contribution is 5.90. The molecule has 28 heavy (non-hydrogen) atoms. The summed E-state index contributed by atoms with van der Waals surface area (Å²) in [5.41, 5.74) is 2.47. The van der Waals surface area contributed by atoms with Gasteiger partial charge in [0.15, 0.2) is 18.1 Å². The molecule has 0 saturated heterocycles. The lowest BCUT2D eigenvalue weighted by Crippen LogP contribution is -2.31. The Kier molecular flexibility index (Phi) is 7.26. The second-order valence-corrected chi connectivity index (χ2v) is 6.46. The van der Waals surface area contributed by atoms with E-state index in [2.05, 4.69) is 4.74 Å². The van der Waals surface area contributed by atoms with Crippen LogP contribution in [0.15, 0.2) is 42.5 Å². The first-order chi connectivity index (χ1) is 13.3. The van der Waals surface area contributed by atoms with Crippen LogP contribution >= 0.6 is 0 Å². The SMILES string of the molecule is COC(=O)c1ccc(OCC(=O)N(C)Cc2ccc(N(C)C)cc2)c(OC)c1. The van der Waals surface area contributed by atoms with Gasteiger partial charge < -0.3 is 24.0 Å². The number of amides is 1. The van der Waals surface area contributed by atoms with Crippen LogP contribution in [0, 0.1) is 0 Å². The maximum atomic E-state index is 12.4. The summed E-state index contributed by atoms with van der Waals surface area (Å²) in [5.74, 6) is 0.0987. The van der Waals surface area contributed by atoms with Gasteiger partial charge in [-0.1, -0.05) is 12.1 Å². The highest BCUT2D eigenvalue weighted by atomic mass is 16.5. The van der Waals surface area contributed by atoms with Crippen molar-refractivity contribution in [3.05, 3.63) is 53.6 Å². The first-order valence-electron chi connectivity index (χ1n) is 8.75. The molecule has 0 aliphatic heterocycles. The molecule has 0 heterocycles. The van der Waals surface area contributed by atoms with Gasteiger partial charge in [0, 0.05) is 33.4 Å². The molecule has 7 nitrogen and oxygen atoms in total. The van der Waals surface area contributed by atoms with Gasteiger partial charge in [0.2, 0.25) is 0 Å². The van der Waals surface area contributed by atoms with Gasteiger partial charge in [-0.15, -0.1) is 0 Å². The summed E-state index contributed by atoms with van der Waals surface area (Å²) >= 11 is 0. The van der Waals surface area contributed by atoms with E-state index < -0.39 is 5.97 Å². The molecule has 0 fully saturated rings. The zero-order valence-electron chi connectivity index (χ0n) is 16.9. The largest absolute Gasteiger partial charge is 0.493 e. The second kappa shape index (κ2) is 9.64.